The van der Waals surface area contributed by atoms with Crippen LogP contribution in [0, 0.1) is 10.1 Å². The molecule has 2 aromatic carbocycles. The summed E-state index contributed by atoms with van der Waals surface area (Å²) in [6, 6.07) is 14.1. The molecule has 0 unspecified atom stereocenters. The Kier molecular flexibility index (Phi) is 6.68. The van der Waals surface area contributed by atoms with Crippen LogP contribution < -0.4 is 16.4 Å². The van der Waals surface area contributed by atoms with E-state index in [4.69, 9.17) is 5.73 Å². The average Bonchev–Trinajstić information content (AvgIpc) is 3.06. The van der Waals surface area contributed by atoms with Crippen LogP contribution in [0.25, 0.3) is 5.69 Å². The molecule has 0 saturated carbocycles. The Bertz CT molecular complexity index is 1070. The number of nitrogens with zero attached hydrogens (tertiary/aromatic N) is 3. The second-order valence-corrected chi connectivity index (χ2v) is 7.56. The van der Waals surface area contributed by atoms with Gasteiger partial charge in [0.2, 0.25) is 0 Å². The van der Waals surface area contributed by atoms with Crippen molar-refractivity contribution in [3.8, 4) is 5.69 Å². The van der Waals surface area contributed by atoms with Crippen molar-refractivity contribution >= 4 is 41.3 Å². The molecule has 0 atom stereocenters. The zero-order valence-corrected chi connectivity index (χ0v) is 17.6. The number of hydrogen-bond acceptors (Lipinski definition) is 5. The summed E-state index contributed by atoms with van der Waals surface area (Å²) in [6.07, 6.45) is 0. The van der Waals surface area contributed by atoms with Gasteiger partial charge in [0.25, 0.3) is 5.69 Å². The highest BCUT2D eigenvalue weighted by Crippen LogP contribution is 2.27. The van der Waals surface area contributed by atoms with Gasteiger partial charge in [-0.05, 0) is 24.3 Å². The van der Waals surface area contributed by atoms with Crippen molar-refractivity contribution in [2.75, 3.05) is 16.4 Å². The molecular weight excluding hydrogens is 408 g/mol. The van der Waals surface area contributed by atoms with Gasteiger partial charge in [0.15, 0.2) is 0 Å². The third-order valence-electron chi connectivity index (χ3n) is 4.15. The third kappa shape index (κ3) is 5.26. The zero-order valence-electron chi connectivity index (χ0n) is 16.7. The number of amides is 2. The van der Waals surface area contributed by atoms with Gasteiger partial charge in [-0.15, -0.1) is 12.4 Å². The van der Waals surface area contributed by atoms with Crippen molar-refractivity contribution in [3.63, 3.8) is 0 Å². The molecule has 1 heterocycles. The first-order valence-electron chi connectivity index (χ1n) is 8.92. The van der Waals surface area contributed by atoms with Crippen molar-refractivity contribution in [2.45, 2.75) is 26.2 Å². The maximum absolute atomic E-state index is 12.5. The molecule has 0 aliphatic rings. The molecule has 0 radical (unpaired) electrons. The van der Waals surface area contributed by atoms with Crippen LogP contribution in [-0.2, 0) is 5.41 Å². The molecule has 30 heavy (non-hydrogen) atoms. The minimum atomic E-state index is -0.484. The first kappa shape index (κ1) is 22.7. The van der Waals surface area contributed by atoms with E-state index in [1.165, 1.54) is 16.8 Å². The minimum Gasteiger partial charge on any atom is -0.399 e. The van der Waals surface area contributed by atoms with Gasteiger partial charge in [-0.1, -0.05) is 32.9 Å². The fourth-order valence-electron chi connectivity index (χ4n) is 2.67. The summed E-state index contributed by atoms with van der Waals surface area (Å²) in [5, 5.41) is 21.2. The molecule has 4 N–H and O–H groups in total. The maximum Gasteiger partial charge on any atom is 0.324 e. The Morgan fingerprint density at radius 2 is 1.80 bits per heavy atom. The predicted molar refractivity (Wildman–Crippen MR) is 120 cm³/mol. The van der Waals surface area contributed by atoms with Crippen LogP contribution in [0.15, 0.2) is 54.6 Å². The summed E-state index contributed by atoms with van der Waals surface area (Å²) in [5.41, 5.74) is 7.65. The normalized spacial score (nSPS) is 10.8. The van der Waals surface area contributed by atoms with E-state index in [2.05, 4.69) is 15.7 Å². The smallest absolute Gasteiger partial charge is 0.324 e. The molecule has 2 amide bonds. The molecule has 0 bridgehead atoms. The summed E-state index contributed by atoms with van der Waals surface area (Å²) in [4.78, 5) is 23.2. The minimum absolute atomic E-state index is 0. The Hall–Kier alpha value is -3.59. The van der Waals surface area contributed by atoms with E-state index in [-0.39, 0.29) is 23.5 Å². The molecule has 0 aliphatic heterocycles. The highest BCUT2D eigenvalue weighted by molar-refractivity contribution is 5.99. The van der Waals surface area contributed by atoms with Crippen molar-refractivity contribution in [1.82, 2.24) is 9.78 Å². The number of carbonyl (C=O) groups excluding carboxylic acids is 1. The van der Waals surface area contributed by atoms with E-state index in [0.717, 1.165) is 5.69 Å². The van der Waals surface area contributed by atoms with Crippen LogP contribution >= 0.6 is 12.4 Å². The number of non-ortho nitro benzene ring substituents is 1. The number of urea groups is 1. The fourth-order valence-corrected chi connectivity index (χ4v) is 2.67. The molecule has 0 saturated heterocycles. The SMILES string of the molecule is CC(C)(C)c1cc(NC(=O)Nc2cccc(N)c2)n(-c2cccc([N+](=O)[O-])c2)n1.Cl. The quantitative estimate of drug-likeness (QED) is 0.313. The van der Waals surface area contributed by atoms with E-state index >= 15 is 0 Å². The Morgan fingerprint density at radius 3 is 2.43 bits per heavy atom. The number of nitro groups is 1. The van der Waals surface area contributed by atoms with Gasteiger partial charge in [-0.25, -0.2) is 9.48 Å². The number of carbonyl (C=O) groups is 1. The lowest BCUT2D eigenvalue weighted by Crippen LogP contribution is -2.21. The van der Waals surface area contributed by atoms with Crippen LogP contribution in [0.4, 0.5) is 27.7 Å². The summed E-state index contributed by atoms with van der Waals surface area (Å²) in [6.45, 7) is 5.97. The molecule has 3 rings (SSSR count). The van der Waals surface area contributed by atoms with Crippen LogP contribution in [0.1, 0.15) is 26.5 Å². The molecular formula is C20H23ClN6O3. The molecule has 0 fully saturated rings. The highest BCUT2D eigenvalue weighted by Gasteiger charge is 2.22. The number of nitro benzene ring substituents is 1. The largest absolute Gasteiger partial charge is 0.399 e. The van der Waals surface area contributed by atoms with Crippen LogP contribution in [-0.4, -0.2) is 20.7 Å². The van der Waals surface area contributed by atoms with Gasteiger partial charge in [0, 0.05) is 35.0 Å². The van der Waals surface area contributed by atoms with Crippen LogP contribution in [0.3, 0.4) is 0 Å². The van der Waals surface area contributed by atoms with Crippen LogP contribution in [0.2, 0.25) is 0 Å². The molecule has 158 valence electrons. The fraction of sp³-hybridized carbons (Fsp3) is 0.200. The monoisotopic (exact) mass is 430 g/mol. The molecule has 9 nitrogen and oxygen atoms in total. The van der Waals surface area contributed by atoms with Crippen LogP contribution in [0.5, 0.6) is 0 Å². The van der Waals surface area contributed by atoms with Gasteiger partial charge in [-0.3, -0.25) is 15.4 Å². The molecule has 10 heteroatoms. The van der Waals surface area contributed by atoms with E-state index < -0.39 is 11.0 Å². The lowest BCUT2D eigenvalue weighted by molar-refractivity contribution is -0.384. The first-order valence-corrected chi connectivity index (χ1v) is 8.92. The summed E-state index contributed by atoms with van der Waals surface area (Å²) < 4.78 is 1.48. The maximum atomic E-state index is 12.5. The topological polar surface area (TPSA) is 128 Å². The number of hydrogen-bond donors (Lipinski definition) is 3. The van der Waals surface area contributed by atoms with E-state index in [0.29, 0.717) is 22.9 Å². The Morgan fingerprint density at radius 1 is 1.10 bits per heavy atom. The number of nitrogen functional groups attached to an aromatic ring is 1. The summed E-state index contributed by atoms with van der Waals surface area (Å²) in [7, 11) is 0. The van der Waals surface area contributed by atoms with Gasteiger partial charge in [-0.2, -0.15) is 5.10 Å². The van der Waals surface area contributed by atoms with Crippen molar-refractivity contribution in [2.24, 2.45) is 0 Å². The Labute approximate surface area is 179 Å². The second-order valence-electron chi connectivity index (χ2n) is 7.56. The highest BCUT2D eigenvalue weighted by atomic mass is 35.5. The van der Waals surface area contributed by atoms with Crippen molar-refractivity contribution in [1.29, 1.82) is 0 Å². The van der Waals surface area contributed by atoms with Crippen molar-refractivity contribution in [3.05, 3.63) is 70.4 Å². The molecule has 3 aromatic rings. The standard InChI is InChI=1S/C20H22N6O3.ClH/c1-20(2,3)17-12-18(23-19(27)22-14-7-4-6-13(21)10-14)25(24-17)15-8-5-9-16(11-15)26(28)29;/h4-12H,21H2,1-3H3,(H2,22,23,27);1H. The predicted octanol–water partition coefficient (Wildman–Crippen LogP) is 4.73. The Balaban J connectivity index is 0.00000320. The van der Waals surface area contributed by atoms with Crippen molar-refractivity contribution < 1.29 is 9.72 Å². The molecule has 1 aromatic heterocycles. The number of halogens is 1. The average molecular weight is 431 g/mol. The number of nitrogens with one attached hydrogen (secondary N) is 2. The number of aromatic nitrogens is 2. The lowest BCUT2D eigenvalue weighted by atomic mass is 9.92. The van der Waals surface area contributed by atoms with E-state index in [1.54, 1.807) is 42.5 Å². The molecule has 0 aliphatic carbocycles. The molecule has 0 spiro atoms. The number of rotatable bonds is 4. The zero-order chi connectivity index (χ0) is 21.2. The van der Waals surface area contributed by atoms with E-state index in [1.807, 2.05) is 20.8 Å². The van der Waals surface area contributed by atoms with Gasteiger partial charge in [0.05, 0.1) is 16.3 Å². The van der Waals surface area contributed by atoms with E-state index in [9.17, 15) is 14.9 Å². The lowest BCUT2D eigenvalue weighted by Gasteiger charge is -2.14. The van der Waals surface area contributed by atoms with Gasteiger partial charge >= 0.3 is 6.03 Å². The number of nitrogens with two attached hydrogens (primary N) is 1. The summed E-state index contributed by atoms with van der Waals surface area (Å²) >= 11 is 0. The number of anilines is 3. The number of benzene rings is 2. The van der Waals surface area contributed by atoms with Gasteiger partial charge in [0.1, 0.15) is 5.82 Å². The summed E-state index contributed by atoms with van der Waals surface area (Å²) in [5.74, 6) is 0.386. The third-order valence-corrected chi connectivity index (χ3v) is 4.15. The second kappa shape index (κ2) is 8.83. The van der Waals surface area contributed by atoms with Gasteiger partial charge < -0.3 is 11.1 Å². The first-order chi connectivity index (χ1) is 13.6.